The lowest BCUT2D eigenvalue weighted by atomic mass is 10.2. The van der Waals surface area contributed by atoms with Gasteiger partial charge in [-0.2, -0.15) is 0 Å². The van der Waals surface area contributed by atoms with Crippen LogP contribution in [0.25, 0.3) is 0 Å². The Balaban J connectivity index is 1.27. The number of carbonyl (C=O) groups is 2. The number of nitrogens with one attached hydrogen (secondary N) is 2. The Hall–Kier alpha value is -4.29. The SMILES string of the molecule is CC(Oc1ccccc1Cl)C(=O)Nc1ccc(NC(=O)c2ccc(OCc3ccccc3)cc2)cc1. The fourth-order valence-corrected chi connectivity index (χ4v) is 3.49. The highest BCUT2D eigenvalue weighted by Gasteiger charge is 2.16. The van der Waals surface area contributed by atoms with Crippen molar-refractivity contribution >= 4 is 34.8 Å². The van der Waals surface area contributed by atoms with Gasteiger partial charge in [-0.1, -0.05) is 54.1 Å². The fourth-order valence-electron chi connectivity index (χ4n) is 3.31. The highest BCUT2D eigenvalue weighted by Crippen LogP contribution is 2.24. The molecule has 0 heterocycles. The van der Waals surface area contributed by atoms with E-state index in [0.29, 0.717) is 40.1 Å². The smallest absolute Gasteiger partial charge is 0.265 e. The molecule has 0 radical (unpaired) electrons. The van der Waals surface area contributed by atoms with Crippen LogP contribution in [-0.2, 0) is 11.4 Å². The molecular formula is C29H25ClN2O4. The van der Waals surface area contributed by atoms with E-state index in [1.54, 1.807) is 79.7 Å². The van der Waals surface area contributed by atoms with Crippen molar-refractivity contribution in [2.24, 2.45) is 0 Å². The molecule has 0 saturated heterocycles. The van der Waals surface area contributed by atoms with Crippen LogP contribution in [0.1, 0.15) is 22.8 Å². The Bertz CT molecular complexity index is 1310. The van der Waals surface area contributed by atoms with E-state index in [1.807, 2.05) is 30.3 Å². The molecular weight excluding hydrogens is 476 g/mol. The Morgan fingerprint density at radius 1 is 0.778 bits per heavy atom. The molecule has 0 aliphatic heterocycles. The van der Waals surface area contributed by atoms with E-state index >= 15 is 0 Å². The minimum Gasteiger partial charge on any atom is -0.489 e. The maximum Gasteiger partial charge on any atom is 0.265 e. The predicted octanol–water partition coefficient (Wildman–Crippen LogP) is 6.58. The summed E-state index contributed by atoms with van der Waals surface area (Å²) >= 11 is 6.08. The van der Waals surface area contributed by atoms with E-state index in [0.717, 1.165) is 5.56 Å². The summed E-state index contributed by atoms with van der Waals surface area (Å²) < 4.78 is 11.4. The molecule has 1 atom stereocenters. The largest absolute Gasteiger partial charge is 0.489 e. The van der Waals surface area contributed by atoms with Crippen molar-refractivity contribution in [1.82, 2.24) is 0 Å². The molecule has 36 heavy (non-hydrogen) atoms. The van der Waals surface area contributed by atoms with Gasteiger partial charge in [-0.25, -0.2) is 0 Å². The second kappa shape index (κ2) is 11.9. The summed E-state index contributed by atoms with van der Waals surface area (Å²) in [5, 5.41) is 6.07. The van der Waals surface area contributed by atoms with Crippen molar-refractivity contribution < 1.29 is 19.1 Å². The van der Waals surface area contributed by atoms with Gasteiger partial charge in [0.1, 0.15) is 18.1 Å². The van der Waals surface area contributed by atoms with E-state index in [-0.39, 0.29) is 11.8 Å². The Labute approximate surface area is 214 Å². The molecule has 2 amide bonds. The lowest BCUT2D eigenvalue weighted by molar-refractivity contribution is -0.122. The third kappa shape index (κ3) is 6.87. The summed E-state index contributed by atoms with van der Waals surface area (Å²) in [6, 6.07) is 30.6. The molecule has 4 rings (SSSR count). The van der Waals surface area contributed by atoms with E-state index in [2.05, 4.69) is 10.6 Å². The summed E-state index contributed by atoms with van der Waals surface area (Å²) in [5.74, 6) is 0.559. The summed E-state index contributed by atoms with van der Waals surface area (Å²) in [5.41, 5.74) is 2.75. The Kier molecular flexibility index (Phi) is 8.21. The summed E-state index contributed by atoms with van der Waals surface area (Å²) in [6.07, 6.45) is -0.746. The quantitative estimate of drug-likeness (QED) is 0.272. The first-order valence-electron chi connectivity index (χ1n) is 11.4. The van der Waals surface area contributed by atoms with Crippen LogP contribution in [-0.4, -0.2) is 17.9 Å². The molecule has 182 valence electrons. The highest BCUT2D eigenvalue weighted by molar-refractivity contribution is 6.32. The monoisotopic (exact) mass is 500 g/mol. The van der Waals surface area contributed by atoms with Gasteiger partial charge in [-0.3, -0.25) is 9.59 Å². The van der Waals surface area contributed by atoms with Crippen LogP contribution in [0.5, 0.6) is 11.5 Å². The maximum atomic E-state index is 12.6. The lowest BCUT2D eigenvalue weighted by Crippen LogP contribution is -2.30. The molecule has 0 saturated carbocycles. The molecule has 0 aromatic heterocycles. The van der Waals surface area contributed by atoms with Crippen LogP contribution in [0, 0.1) is 0 Å². The first-order valence-corrected chi connectivity index (χ1v) is 11.8. The molecule has 0 bridgehead atoms. The average molecular weight is 501 g/mol. The number of hydrogen-bond donors (Lipinski definition) is 2. The van der Waals surface area contributed by atoms with Gasteiger partial charge in [0.05, 0.1) is 5.02 Å². The number of para-hydroxylation sites is 1. The molecule has 0 aliphatic carbocycles. The van der Waals surface area contributed by atoms with Crippen LogP contribution in [0.4, 0.5) is 11.4 Å². The zero-order chi connectivity index (χ0) is 25.3. The lowest BCUT2D eigenvalue weighted by Gasteiger charge is -2.15. The molecule has 6 nitrogen and oxygen atoms in total. The van der Waals surface area contributed by atoms with Crippen LogP contribution in [0.15, 0.2) is 103 Å². The molecule has 0 fully saturated rings. The van der Waals surface area contributed by atoms with Gasteiger partial charge in [0.25, 0.3) is 11.8 Å². The number of amides is 2. The number of rotatable bonds is 9. The summed E-state index contributed by atoms with van der Waals surface area (Å²) in [4.78, 5) is 25.1. The summed E-state index contributed by atoms with van der Waals surface area (Å²) in [6.45, 7) is 2.10. The third-order valence-corrected chi connectivity index (χ3v) is 5.60. The van der Waals surface area contributed by atoms with Crippen molar-refractivity contribution in [3.63, 3.8) is 0 Å². The number of benzene rings is 4. The van der Waals surface area contributed by atoms with Crippen molar-refractivity contribution in [2.45, 2.75) is 19.6 Å². The molecule has 4 aromatic carbocycles. The van der Waals surface area contributed by atoms with E-state index < -0.39 is 6.10 Å². The number of halogens is 1. The number of ether oxygens (including phenoxy) is 2. The predicted molar refractivity (Wildman–Crippen MR) is 142 cm³/mol. The second-order valence-corrected chi connectivity index (χ2v) is 8.42. The van der Waals surface area contributed by atoms with Crippen LogP contribution in [0.2, 0.25) is 5.02 Å². The van der Waals surface area contributed by atoms with E-state index in [9.17, 15) is 9.59 Å². The van der Waals surface area contributed by atoms with E-state index in [1.165, 1.54) is 0 Å². The molecule has 7 heteroatoms. The minimum absolute atomic E-state index is 0.247. The van der Waals surface area contributed by atoms with E-state index in [4.69, 9.17) is 21.1 Å². The molecule has 0 aliphatic rings. The summed E-state index contributed by atoms with van der Waals surface area (Å²) in [7, 11) is 0. The van der Waals surface area contributed by atoms with Crippen LogP contribution in [0.3, 0.4) is 0 Å². The van der Waals surface area contributed by atoms with Gasteiger partial charge in [0.15, 0.2) is 6.10 Å². The zero-order valence-corrected chi connectivity index (χ0v) is 20.4. The van der Waals surface area contributed by atoms with Gasteiger partial charge >= 0.3 is 0 Å². The van der Waals surface area contributed by atoms with Gasteiger partial charge in [-0.05, 0) is 73.2 Å². The number of anilines is 2. The van der Waals surface area contributed by atoms with Gasteiger partial charge in [0, 0.05) is 16.9 Å². The van der Waals surface area contributed by atoms with Crippen molar-refractivity contribution in [1.29, 1.82) is 0 Å². The first kappa shape index (κ1) is 24.8. The maximum absolute atomic E-state index is 12.6. The van der Waals surface area contributed by atoms with Crippen LogP contribution >= 0.6 is 11.6 Å². The second-order valence-electron chi connectivity index (χ2n) is 8.01. The minimum atomic E-state index is -0.746. The topological polar surface area (TPSA) is 76.7 Å². The molecule has 0 spiro atoms. The first-order chi connectivity index (χ1) is 17.5. The molecule has 1 unspecified atom stereocenters. The molecule has 2 N–H and O–H groups in total. The van der Waals surface area contributed by atoms with Crippen LogP contribution < -0.4 is 20.1 Å². The zero-order valence-electron chi connectivity index (χ0n) is 19.6. The van der Waals surface area contributed by atoms with Crippen molar-refractivity contribution in [2.75, 3.05) is 10.6 Å². The van der Waals surface area contributed by atoms with Gasteiger partial charge < -0.3 is 20.1 Å². The Morgan fingerprint density at radius 3 is 2.06 bits per heavy atom. The van der Waals surface area contributed by atoms with Gasteiger partial charge in [0.2, 0.25) is 0 Å². The molecule has 4 aromatic rings. The standard InChI is InChI=1S/C29H25ClN2O4/c1-20(36-27-10-6-5-9-26(27)30)28(33)31-23-13-15-24(16-14-23)32-29(34)22-11-17-25(18-12-22)35-19-21-7-3-2-4-8-21/h2-18,20H,19H2,1H3,(H,31,33)(H,32,34). The number of carbonyl (C=O) groups excluding carboxylic acids is 2. The normalized spacial score (nSPS) is 11.3. The highest BCUT2D eigenvalue weighted by atomic mass is 35.5. The fraction of sp³-hybridized carbons (Fsp3) is 0.103. The van der Waals surface area contributed by atoms with Gasteiger partial charge in [-0.15, -0.1) is 0 Å². The third-order valence-electron chi connectivity index (χ3n) is 5.28. The number of hydrogen-bond acceptors (Lipinski definition) is 4. The van der Waals surface area contributed by atoms with Crippen molar-refractivity contribution in [3.8, 4) is 11.5 Å². The average Bonchev–Trinajstić information content (AvgIpc) is 2.90. The van der Waals surface area contributed by atoms with Crippen molar-refractivity contribution in [3.05, 3.63) is 119 Å². The Morgan fingerprint density at radius 2 is 1.39 bits per heavy atom.